The van der Waals surface area contributed by atoms with E-state index >= 15 is 0 Å². The summed E-state index contributed by atoms with van der Waals surface area (Å²) in [6.07, 6.45) is 8.20. The van der Waals surface area contributed by atoms with Gasteiger partial charge in [-0.25, -0.2) is 4.79 Å². The standard InChI is InChI=1S/C24H32Cl2N2O3/c1-2-5-17-18-6-3-7-22(29)28-13-4-11-24(18,28)12-10-21(17)31-23(30)27-15-16-8-9-19(25)20(26)14-16/h8-9,14,17-18,21H,2-7,10-13,15H2,1H3,(H,27,30)/t17-,18+,21+,24-/m1/s1. The van der Waals surface area contributed by atoms with Crippen LogP contribution in [0.15, 0.2) is 18.2 Å². The summed E-state index contributed by atoms with van der Waals surface area (Å²) in [7, 11) is 0. The van der Waals surface area contributed by atoms with Crippen molar-refractivity contribution in [3.05, 3.63) is 33.8 Å². The highest BCUT2D eigenvalue weighted by atomic mass is 35.5. The lowest BCUT2D eigenvalue weighted by Gasteiger charge is -2.52. The molecular formula is C24H32Cl2N2O3. The molecule has 3 fully saturated rings. The minimum Gasteiger partial charge on any atom is -0.446 e. The molecule has 31 heavy (non-hydrogen) atoms. The zero-order valence-electron chi connectivity index (χ0n) is 18.2. The summed E-state index contributed by atoms with van der Waals surface area (Å²) in [5.74, 6) is 1.05. The van der Waals surface area contributed by atoms with Crippen molar-refractivity contribution in [1.29, 1.82) is 0 Å². The van der Waals surface area contributed by atoms with Gasteiger partial charge in [0.05, 0.1) is 10.0 Å². The molecule has 7 heteroatoms. The fourth-order valence-electron chi connectivity index (χ4n) is 6.33. The molecule has 2 saturated heterocycles. The van der Waals surface area contributed by atoms with Gasteiger partial charge in [0.15, 0.2) is 0 Å². The average molecular weight is 467 g/mol. The van der Waals surface area contributed by atoms with Crippen molar-refractivity contribution >= 4 is 35.2 Å². The lowest BCUT2D eigenvalue weighted by atomic mass is 9.62. The Morgan fingerprint density at radius 1 is 1.23 bits per heavy atom. The van der Waals surface area contributed by atoms with Crippen molar-refractivity contribution in [2.45, 2.75) is 82.9 Å². The second-order valence-corrected chi connectivity index (χ2v) is 10.1. The number of nitrogens with one attached hydrogen (secondary N) is 1. The third-order valence-corrected chi connectivity index (χ3v) is 8.32. The Balaban J connectivity index is 1.44. The quantitative estimate of drug-likeness (QED) is 0.582. The molecule has 0 bridgehead atoms. The number of hydrogen-bond donors (Lipinski definition) is 1. The second kappa shape index (κ2) is 9.58. The fraction of sp³-hybridized carbons (Fsp3) is 0.667. The first kappa shape index (κ1) is 22.7. The van der Waals surface area contributed by atoms with Crippen LogP contribution in [0, 0.1) is 11.8 Å². The predicted octanol–water partition coefficient (Wildman–Crippen LogP) is 5.96. The smallest absolute Gasteiger partial charge is 0.407 e. The van der Waals surface area contributed by atoms with Crippen LogP contribution in [-0.4, -0.2) is 35.1 Å². The van der Waals surface area contributed by atoms with Gasteiger partial charge in [-0.3, -0.25) is 4.79 Å². The van der Waals surface area contributed by atoms with Gasteiger partial charge < -0.3 is 15.0 Å². The average Bonchev–Trinajstić information content (AvgIpc) is 3.11. The van der Waals surface area contributed by atoms with Gasteiger partial charge in [0, 0.05) is 31.0 Å². The first-order chi connectivity index (χ1) is 14.9. The van der Waals surface area contributed by atoms with E-state index in [1.54, 1.807) is 12.1 Å². The van der Waals surface area contributed by atoms with Crippen LogP contribution < -0.4 is 5.32 Å². The highest BCUT2D eigenvalue weighted by Gasteiger charge is 2.56. The van der Waals surface area contributed by atoms with Gasteiger partial charge in [-0.05, 0) is 68.6 Å². The van der Waals surface area contributed by atoms with Crippen LogP contribution in [-0.2, 0) is 16.1 Å². The summed E-state index contributed by atoms with van der Waals surface area (Å²) < 4.78 is 5.98. The molecule has 1 aromatic rings. The number of benzene rings is 1. The number of rotatable bonds is 5. The molecule has 3 aliphatic rings. The molecule has 0 radical (unpaired) electrons. The Kier molecular flexibility index (Phi) is 7.02. The summed E-state index contributed by atoms with van der Waals surface area (Å²) in [6, 6.07) is 5.33. The maximum Gasteiger partial charge on any atom is 0.407 e. The summed E-state index contributed by atoms with van der Waals surface area (Å²) in [4.78, 5) is 27.6. The molecule has 1 spiro atoms. The van der Waals surface area contributed by atoms with Crippen LogP contribution in [0.3, 0.4) is 0 Å². The molecule has 0 aromatic heterocycles. The van der Waals surface area contributed by atoms with Crippen LogP contribution in [0.2, 0.25) is 10.0 Å². The maximum atomic E-state index is 12.7. The van der Waals surface area contributed by atoms with Crippen molar-refractivity contribution in [1.82, 2.24) is 10.2 Å². The van der Waals surface area contributed by atoms with Crippen molar-refractivity contribution in [3.63, 3.8) is 0 Å². The van der Waals surface area contributed by atoms with E-state index < -0.39 is 0 Å². The molecule has 1 N–H and O–H groups in total. The number of carbonyl (C=O) groups excluding carboxylic acids is 2. The van der Waals surface area contributed by atoms with Gasteiger partial charge in [0.1, 0.15) is 6.10 Å². The van der Waals surface area contributed by atoms with Gasteiger partial charge in [-0.1, -0.05) is 42.6 Å². The summed E-state index contributed by atoms with van der Waals surface area (Å²) in [5, 5.41) is 3.83. The molecule has 1 aliphatic carbocycles. The second-order valence-electron chi connectivity index (χ2n) is 9.29. The first-order valence-electron chi connectivity index (χ1n) is 11.6. The molecule has 1 saturated carbocycles. The largest absolute Gasteiger partial charge is 0.446 e. The summed E-state index contributed by atoms with van der Waals surface area (Å²) in [6.45, 7) is 3.43. The highest BCUT2D eigenvalue weighted by Crippen LogP contribution is 2.53. The number of carbonyl (C=O) groups is 2. The van der Waals surface area contributed by atoms with Gasteiger partial charge in [-0.15, -0.1) is 0 Å². The molecule has 5 nitrogen and oxygen atoms in total. The Hall–Kier alpha value is -1.46. The van der Waals surface area contributed by atoms with Crippen molar-refractivity contribution < 1.29 is 14.3 Å². The number of nitrogens with zero attached hydrogens (tertiary/aromatic N) is 1. The monoisotopic (exact) mass is 466 g/mol. The topological polar surface area (TPSA) is 58.6 Å². The fourth-order valence-corrected chi connectivity index (χ4v) is 6.65. The zero-order valence-corrected chi connectivity index (χ0v) is 19.7. The van der Waals surface area contributed by atoms with Crippen LogP contribution in [0.25, 0.3) is 0 Å². The van der Waals surface area contributed by atoms with Crippen molar-refractivity contribution in [2.75, 3.05) is 6.54 Å². The molecule has 170 valence electrons. The number of halogens is 2. The van der Waals surface area contributed by atoms with Crippen LogP contribution in [0.5, 0.6) is 0 Å². The molecule has 2 heterocycles. The lowest BCUT2D eigenvalue weighted by Crippen LogP contribution is -2.58. The van der Waals surface area contributed by atoms with Crippen molar-refractivity contribution in [2.24, 2.45) is 11.8 Å². The SMILES string of the molecule is CCC[C@H]1[C@@H](OC(=O)NCc2ccc(Cl)c(Cl)c2)CC[C@@]23CCCN2C(=O)CCC[C@@H]13. The number of alkyl carbamates (subject to hydrolysis) is 1. The minimum absolute atomic E-state index is 0.0101. The van der Waals surface area contributed by atoms with E-state index in [4.69, 9.17) is 27.9 Å². The van der Waals surface area contributed by atoms with E-state index in [0.717, 1.165) is 63.5 Å². The summed E-state index contributed by atoms with van der Waals surface area (Å²) in [5.41, 5.74) is 0.868. The van der Waals surface area contributed by atoms with E-state index in [0.29, 0.717) is 40.8 Å². The Morgan fingerprint density at radius 2 is 2.06 bits per heavy atom. The third-order valence-electron chi connectivity index (χ3n) is 7.58. The lowest BCUT2D eigenvalue weighted by molar-refractivity contribution is -0.141. The molecule has 2 aliphatic heterocycles. The van der Waals surface area contributed by atoms with Crippen LogP contribution >= 0.6 is 23.2 Å². The van der Waals surface area contributed by atoms with Gasteiger partial charge in [0.25, 0.3) is 0 Å². The van der Waals surface area contributed by atoms with Gasteiger partial charge >= 0.3 is 6.09 Å². The Morgan fingerprint density at radius 3 is 2.84 bits per heavy atom. The van der Waals surface area contributed by atoms with E-state index in [1.165, 1.54) is 0 Å². The van der Waals surface area contributed by atoms with Gasteiger partial charge in [0.2, 0.25) is 5.91 Å². The maximum absolute atomic E-state index is 12.7. The highest BCUT2D eigenvalue weighted by molar-refractivity contribution is 6.42. The van der Waals surface area contributed by atoms with Crippen molar-refractivity contribution in [3.8, 4) is 0 Å². The number of ether oxygens (including phenoxy) is 1. The molecule has 4 rings (SSSR count). The number of amides is 2. The minimum atomic E-state index is -0.388. The van der Waals surface area contributed by atoms with E-state index in [9.17, 15) is 9.59 Å². The van der Waals surface area contributed by atoms with Crippen LogP contribution in [0.1, 0.15) is 70.3 Å². The molecular weight excluding hydrogens is 435 g/mol. The number of hydrogen-bond acceptors (Lipinski definition) is 3. The molecule has 1 aromatic carbocycles. The van der Waals surface area contributed by atoms with E-state index in [2.05, 4.69) is 17.1 Å². The van der Waals surface area contributed by atoms with Gasteiger partial charge in [-0.2, -0.15) is 0 Å². The molecule has 2 amide bonds. The Labute approximate surface area is 194 Å². The normalized spacial score (nSPS) is 30.4. The van der Waals surface area contributed by atoms with Crippen LogP contribution in [0.4, 0.5) is 4.79 Å². The molecule has 4 atom stereocenters. The van der Waals surface area contributed by atoms with E-state index in [1.807, 2.05) is 6.07 Å². The molecule has 0 unspecified atom stereocenters. The zero-order chi connectivity index (χ0) is 22.0. The van der Waals surface area contributed by atoms with E-state index in [-0.39, 0.29) is 17.7 Å². The Bertz CT molecular complexity index is 833. The first-order valence-corrected chi connectivity index (χ1v) is 12.4. The third kappa shape index (κ3) is 4.54. The predicted molar refractivity (Wildman–Crippen MR) is 122 cm³/mol. The summed E-state index contributed by atoms with van der Waals surface area (Å²) >= 11 is 12.0.